The summed E-state index contributed by atoms with van der Waals surface area (Å²) >= 11 is 1.46. The number of thioether (sulfide) groups is 1. The minimum Gasteiger partial charge on any atom is -0.508 e. The van der Waals surface area contributed by atoms with Gasteiger partial charge in [-0.15, -0.1) is 0 Å². The lowest BCUT2D eigenvalue weighted by atomic mass is 10.0. The summed E-state index contributed by atoms with van der Waals surface area (Å²) < 4.78 is 9.78. The van der Waals surface area contributed by atoms with Crippen molar-refractivity contribution in [3.63, 3.8) is 0 Å². The molecule has 3 amide bonds. The van der Waals surface area contributed by atoms with Gasteiger partial charge in [-0.1, -0.05) is 18.6 Å². The quantitative estimate of drug-likeness (QED) is 0.255. The molecule has 11 heteroatoms. The largest absolute Gasteiger partial charge is 0.508 e. The summed E-state index contributed by atoms with van der Waals surface area (Å²) in [7, 11) is 1.16. The van der Waals surface area contributed by atoms with Crippen LogP contribution in [0.1, 0.15) is 38.8 Å². The Hall–Kier alpha value is -3.39. The molecule has 0 heterocycles. The highest BCUT2D eigenvalue weighted by Crippen LogP contribution is 2.25. The highest BCUT2D eigenvalue weighted by molar-refractivity contribution is 7.98. The van der Waals surface area contributed by atoms with Gasteiger partial charge in [-0.05, 0) is 56.9 Å². The monoisotopic (exact) mass is 493 g/mol. The fourth-order valence-corrected chi connectivity index (χ4v) is 3.29. The highest BCUT2D eigenvalue weighted by Gasteiger charge is 2.36. The minimum absolute atomic E-state index is 0.154. The van der Waals surface area contributed by atoms with Gasteiger partial charge in [-0.25, -0.2) is 4.79 Å². The van der Waals surface area contributed by atoms with Crippen molar-refractivity contribution in [1.82, 2.24) is 15.5 Å². The molecular formula is C23H31N3O7S. The summed E-state index contributed by atoms with van der Waals surface area (Å²) in [6.07, 6.45) is 6.88. The van der Waals surface area contributed by atoms with Crippen molar-refractivity contribution in [3.05, 3.63) is 29.8 Å². The van der Waals surface area contributed by atoms with E-state index in [0.29, 0.717) is 5.75 Å². The molecule has 0 aliphatic carbocycles. The number of carbonyl (C=O) groups excluding carboxylic acids is 4. The molecule has 2 unspecified atom stereocenters. The van der Waals surface area contributed by atoms with Gasteiger partial charge in [0.05, 0.1) is 7.11 Å². The van der Waals surface area contributed by atoms with Crippen LogP contribution >= 0.6 is 11.8 Å². The number of ether oxygens (including phenoxy) is 2. The highest BCUT2D eigenvalue weighted by atomic mass is 32.2. The first-order valence-electron chi connectivity index (χ1n) is 10.3. The zero-order chi connectivity index (χ0) is 25.9. The molecule has 0 bridgehead atoms. The van der Waals surface area contributed by atoms with Crippen molar-refractivity contribution < 1.29 is 33.8 Å². The molecule has 0 radical (unpaired) electrons. The third-order valence-corrected chi connectivity index (χ3v) is 4.95. The van der Waals surface area contributed by atoms with E-state index in [4.69, 9.17) is 11.2 Å². The van der Waals surface area contributed by atoms with Gasteiger partial charge in [0.2, 0.25) is 5.91 Å². The molecule has 0 saturated heterocycles. The molecule has 2 atom stereocenters. The van der Waals surface area contributed by atoms with Crippen molar-refractivity contribution in [1.29, 1.82) is 0 Å². The number of amides is 3. The van der Waals surface area contributed by atoms with Crippen LogP contribution in [0.3, 0.4) is 0 Å². The Bertz CT molecular complexity index is 924. The predicted molar refractivity (Wildman–Crippen MR) is 128 cm³/mol. The molecule has 0 aliphatic rings. The Morgan fingerprint density at radius 3 is 2.47 bits per heavy atom. The number of methoxy groups -OCH3 is 1. The van der Waals surface area contributed by atoms with Crippen LogP contribution < -0.4 is 10.6 Å². The minimum atomic E-state index is -1.40. The number of benzene rings is 1. The van der Waals surface area contributed by atoms with Gasteiger partial charge in [0.15, 0.2) is 0 Å². The molecule has 0 aliphatic heterocycles. The van der Waals surface area contributed by atoms with Gasteiger partial charge in [-0.2, -0.15) is 11.8 Å². The smallest absolute Gasteiger partial charge is 0.408 e. The fraction of sp³-hybridized carbons (Fsp3) is 0.478. The summed E-state index contributed by atoms with van der Waals surface area (Å²) in [6.45, 7) is 4.59. The molecule has 186 valence electrons. The van der Waals surface area contributed by atoms with Crippen LogP contribution in [0.15, 0.2) is 24.3 Å². The Kier molecular flexibility index (Phi) is 11.2. The Balaban J connectivity index is 3.32. The predicted octanol–water partition coefficient (Wildman–Crippen LogP) is 1.79. The van der Waals surface area contributed by atoms with Crippen LogP contribution in [-0.2, 0) is 23.9 Å². The second kappa shape index (κ2) is 13.3. The van der Waals surface area contributed by atoms with E-state index in [-0.39, 0.29) is 17.7 Å². The summed E-state index contributed by atoms with van der Waals surface area (Å²) in [6, 6.07) is 5.36. The van der Waals surface area contributed by atoms with Crippen molar-refractivity contribution >= 4 is 35.6 Å². The van der Waals surface area contributed by atoms with Crippen molar-refractivity contribution in [2.75, 3.05) is 25.7 Å². The molecule has 3 N–H and O–H groups in total. The lowest BCUT2D eigenvalue weighted by Gasteiger charge is -2.30. The molecule has 34 heavy (non-hydrogen) atoms. The third kappa shape index (κ3) is 9.23. The zero-order valence-electron chi connectivity index (χ0n) is 19.9. The maximum Gasteiger partial charge on any atom is 0.408 e. The first kappa shape index (κ1) is 28.6. The number of carbonyl (C=O) groups is 4. The van der Waals surface area contributed by atoms with E-state index in [1.807, 2.05) is 6.26 Å². The molecule has 1 aromatic rings. The molecule has 0 aromatic heterocycles. The van der Waals surface area contributed by atoms with Gasteiger partial charge in [0, 0.05) is 6.04 Å². The number of aromatic hydroxyl groups is 1. The first-order valence-corrected chi connectivity index (χ1v) is 11.7. The van der Waals surface area contributed by atoms with E-state index in [2.05, 4.69) is 21.4 Å². The number of terminal acetylenes is 1. The molecule has 1 aromatic carbocycles. The first-order chi connectivity index (χ1) is 15.9. The standard InChI is InChI=1S/C23H31N3O7S/c1-7-26(21(30)17(11-12-34-6)25-22(31)33-23(2,3)4)19(15-9-8-10-16(27)13-15)20(29)24-14-18(28)32-5/h1,8-10,13,17,19,27H,11-12,14H2,2-6H3,(H,24,29)(H,25,31). The van der Waals surface area contributed by atoms with E-state index < -0.39 is 48.1 Å². The van der Waals surface area contributed by atoms with Crippen LogP contribution in [0.25, 0.3) is 0 Å². The number of nitrogens with one attached hydrogen (secondary N) is 2. The van der Waals surface area contributed by atoms with Crippen LogP contribution in [-0.4, -0.2) is 71.2 Å². The molecule has 10 nitrogen and oxygen atoms in total. The van der Waals surface area contributed by atoms with E-state index >= 15 is 0 Å². The molecule has 0 fully saturated rings. The van der Waals surface area contributed by atoms with Gasteiger partial charge < -0.3 is 25.2 Å². The lowest BCUT2D eigenvalue weighted by molar-refractivity contribution is -0.142. The van der Waals surface area contributed by atoms with E-state index in [9.17, 15) is 24.3 Å². The number of hydrogen-bond donors (Lipinski definition) is 3. The number of rotatable bonds is 10. The van der Waals surface area contributed by atoms with Gasteiger partial charge in [0.1, 0.15) is 30.0 Å². The lowest BCUT2D eigenvalue weighted by Crippen LogP contribution is -2.52. The van der Waals surface area contributed by atoms with Crippen LogP contribution in [0.5, 0.6) is 5.75 Å². The van der Waals surface area contributed by atoms with E-state index in [1.165, 1.54) is 36.0 Å². The van der Waals surface area contributed by atoms with Gasteiger partial charge in [0.25, 0.3) is 5.91 Å². The average molecular weight is 494 g/mol. The second-order valence-electron chi connectivity index (χ2n) is 8.11. The van der Waals surface area contributed by atoms with E-state index in [1.54, 1.807) is 20.8 Å². The number of phenols is 1. The number of phenolic OH excluding ortho intramolecular Hbond substituents is 1. The maximum atomic E-state index is 13.4. The summed E-state index contributed by atoms with van der Waals surface area (Å²) in [4.78, 5) is 51.1. The Labute approximate surface area is 203 Å². The van der Waals surface area contributed by atoms with Crippen molar-refractivity contribution in [3.8, 4) is 18.2 Å². The Morgan fingerprint density at radius 1 is 1.26 bits per heavy atom. The maximum absolute atomic E-state index is 13.4. The molecule has 0 spiro atoms. The van der Waals surface area contributed by atoms with Crippen LogP contribution in [0, 0.1) is 12.5 Å². The molecular weight excluding hydrogens is 462 g/mol. The van der Waals surface area contributed by atoms with Crippen LogP contribution in [0.4, 0.5) is 4.79 Å². The summed E-state index contributed by atoms with van der Waals surface area (Å²) in [5.41, 5.74) is -0.588. The topological polar surface area (TPSA) is 134 Å². The fourth-order valence-electron chi connectivity index (χ4n) is 2.82. The second-order valence-corrected chi connectivity index (χ2v) is 9.09. The van der Waals surface area contributed by atoms with Gasteiger partial charge >= 0.3 is 12.1 Å². The number of nitrogens with zero attached hydrogens (tertiary/aromatic N) is 1. The van der Waals surface area contributed by atoms with Crippen LogP contribution in [0.2, 0.25) is 0 Å². The third-order valence-electron chi connectivity index (χ3n) is 4.30. The molecule has 1 rings (SSSR count). The van der Waals surface area contributed by atoms with E-state index in [0.717, 1.165) is 12.0 Å². The number of esters is 1. The average Bonchev–Trinajstić information content (AvgIpc) is 2.76. The summed E-state index contributed by atoms with van der Waals surface area (Å²) in [5, 5.41) is 14.8. The normalized spacial score (nSPS) is 12.5. The van der Waals surface area contributed by atoms with Crippen molar-refractivity contribution in [2.45, 2.75) is 44.9 Å². The summed E-state index contributed by atoms with van der Waals surface area (Å²) in [5.74, 6) is -1.85. The zero-order valence-corrected chi connectivity index (χ0v) is 20.7. The number of hydrogen-bond acceptors (Lipinski definition) is 8. The number of alkyl carbamates (subject to hydrolysis) is 1. The Morgan fingerprint density at radius 2 is 1.94 bits per heavy atom. The molecule has 0 saturated carbocycles. The van der Waals surface area contributed by atoms with Gasteiger partial charge in [-0.3, -0.25) is 19.3 Å². The van der Waals surface area contributed by atoms with Crippen molar-refractivity contribution in [2.24, 2.45) is 0 Å². The SMILES string of the molecule is C#CN(C(=O)C(CCSC)NC(=O)OC(C)(C)C)C(C(=O)NCC(=O)OC)c1cccc(O)c1.